The van der Waals surface area contributed by atoms with E-state index in [4.69, 9.17) is 0 Å². The Morgan fingerprint density at radius 2 is 2.14 bits per heavy atom. The van der Waals surface area contributed by atoms with E-state index in [1.165, 1.54) is 32.2 Å². The minimum Gasteiger partial charge on any atom is -0.352 e. The molecule has 2 heterocycles. The summed E-state index contributed by atoms with van der Waals surface area (Å²) in [5, 5.41) is 6.84. The maximum atomic E-state index is 14.4. The molecule has 0 radical (unpaired) electrons. The first-order valence-corrected chi connectivity index (χ1v) is 10.2. The zero-order valence-corrected chi connectivity index (χ0v) is 16.4. The molecule has 28 heavy (non-hydrogen) atoms. The van der Waals surface area contributed by atoms with Crippen LogP contribution < -0.4 is 10.6 Å². The van der Waals surface area contributed by atoms with Crippen LogP contribution in [0.5, 0.6) is 0 Å². The van der Waals surface area contributed by atoms with Gasteiger partial charge in [-0.1, -0.05) is 18.9 Å². The van der Waals surface area contributed by atoms with Crippen LogP contribution in [0, 0.1) is 5.82 Å². The average Bonchev–Trinajstić information content (AvgIpc) is 3.47. The van der Waals surface area contributed by atoms with E-state index in [1.54, 1.807) is 42.5 Å². The Kier molecular flexibility index (Phi) is 5.90. The van der Waals surface area contributed by atoms with Crippen LogP contribution in [-0.2, 0) is 6.54 Å². The number of aromatic nitrogens is 2. The maximum Gasteiger partial charge on any atom is 0.191 e. The van der Waals surface area contributed by atoms with E-state index in [0.29, 0.717) is 18.3 Å². The molecule has 2 aliphatic rings. The van der Waals surface area contributed by atoms with Gasteiger partial charge in [-0.25, -0.2) is 9.37 Å². The quantitative estimate of drug-likeness (QED) is 0.615. The molecule has 2 fully saturated rings. The molecule has 0 spiro atoms. The van der Waals surface area contributed by atoms with Crippen LogP contribution >= 0.6 is 0 Å². The third-order valence-corrected chi connectivity index (χ3v) is 5.88. The summed E-state index contributed by atoms with van der Waals surface area (Å²) in [4.78, 5) is 10.9. The van der Waals surface area contributed by atoms with Crippen molar-refractivity contribution in [3.05, 3.63) is 48.3 Å². The Morgan fingerprint density at radius 3 is 2.86 bits per heavy atom. The summed E-state index contributed by atoms with van der Waals surface area (Å²) in [7, 11) is 1.78. The van der Waals surface area contributed by atoms with E-state index in [9.17, 15) is 4.39 Å². The number of hydrogen-bond acceptors (Lipinski definition) is 3. The number of halogens is 1. The van der Waals surface area contributed by atoms with Crippen molar-refractivity contribution >= 4 is 5.96 Å². The van der Waals surface area contributed by atoms with Gasteiger partial charge in [0.1, 0.15) is 5.82 Å². The van der Waals surface area contributed by atoms with Crippen molar-refractivity contribution in [3.63, 3.8) is 0 Å². The van der Waals surface area contributed by atoms with E-state index in [-0.39, 0.29) is 5.82 Å². The first-order chi connectivity index (χ1) is 13.7. The summed E-state index contributed by atoms with van der Waals surface area (Å²) >= 11 is 0. The molecule has 7 heteroatoms. The average molecular weight is 385 g/mol. The monoisotopic (exact) mass is 384 g/mol. The van der Waals surface area contributed by atoms with Crippen molar-refractivity contribution in [2.45, 2.75) is 50.7 Å². The predicted octanol–water partition coefficient (Wildman–Crippen LogP) is 2.69. The number of benzene rings is 1. The maximum absolute atomic E-state index is 14.4. The minimum atomic E-state index is -0.261. The topological polar surface area (TPSA) is 57.5 Å². The van der Waals surface area contributed by atoms with E-state index >= 15 is 0 Å². The summed E-state index contributed by atoms with van der Waals surface area (Å²) in [5.74, 6) is 0.514. The summed E-state index contributed by atoms with van der Waals surface area (Å²) in [6.45, 7) is 2.78. The highest BCUT2D eigenvalue weighted by atomic mass is 19.1. The van der Waals surface area contributed by atoms with Crippen LogP contribution in [0.1, 0.15) is 37.7 Å². The first kappa shape index (κ1) is 18.9. The molecule has 1 aliphatic carbocycles. The van der Waals surface area contributed by atoms with Gasteiger partial charge in [0.15, 0.2) is 5.96 Å². The van der Waals surface area contributed by atoms with Crippen molar-refractivity contribution in [3.8, 4) is 5.69 Å². The van der Waals surface area contributed by atoms with E-state index in [1.807, 2.05) is 6.07 Å². The van der Waals surface area contributed by atoms with E-state index in [0.717, 1.165) is 30.5 Å². The number of aliphatic imine (C=N–C) groups is 1. The van der Waals surface area contributed by atoms with Crippen molar-refractivity contribution in [2.75, 3.05) is 20.1 Å². The van der Waals surface area contributed by atoms with Gasteiger partial charge in [-0.3, -0.25) is 9.89 Å². The SMILES string of the molecule is CN=C(NCc1ccc(-n2ccnc2)c(F)c1)NC1CCN(C2CCCC2)C1. The first-order valence-electron chi connectivity index (χ1n) is 10.2. The van der Waals surface area contributed by atoms with Crippen LogP contribution in [0.4, 0.5) is 4.39 Å². The van der Waals surface area contributed by atoms with E-state index in [2.05, 4.69) is 25.5 Å². The Bertz CT molecular complexity index is 797. The zero-order valence-electron chi connectivity index (χ0n) is 16.4. The van der Waals surface area contributed by atoms with Crippen LogP contribution in [0.15, 0.2) is 41.9 Å². The molecule has 2 aromatic rings. The number of nitrogens with one attached hydrogen (secondary N) is 2. The fourth-order valence-corrected chi connectivity index (χ4v) is 4.35. The van der Waals surface area contributed by atoms with Gasteiger partial charge in [0.2, 0.25) is 0 Å². The number of hydrogen-bond donors (Lipinski definition) is 2. The highest BCUT2D eigenvalue weighted by Crippen LogP contribution is 2.26. The van der Waals surface area contributed by atoms with Gasteiger partial charge in [-0.15, -0.1) is 0 Å². The molecule has 150 valence electrons. The molecule has 1 aromatic carbocycles. The van der Waals surface area contributed by atoms with Crippen molar-refractivity contribution < 1.29 is 4.39 Å². The van der Waals surface area contributed by atoms with Gasteiger partial charge in [-0.2, -0.15) is 0 Å². The molecule has 6 nitrogen and oxygen atoms in total. The lowest BCUT2D eigenvalue weighted by Gasteiger charge is -2.24. The third-order valence-electron chi connectivity index (χ3n) is 5.88. The number of likely N-dealkylation sites (tertiary alicyclic amines) is 1. The van der Waals surface area contributed by atoms with Gasteiger partial charge in [0.25, 0.3) is 0 Å². The Balaban J connectivity index is 1.29. The van der Waals surface area contributed by atoms with Gasteiger partial charge in [0, 0.05) is 51.2 Å². The van der Waals surface area contributed by atoms with Crippen molar-refractivity contribution in [1.82, 2.24) is 25.1 Å². The van der Waals surface area contributed by atoms with Crippen molar-refractivity contribution in [1.29, 1.82) is 0 Å². The highest BCUT2D eigenvalue weighted by molar-refractivity contribution is 5.80. The van der Waals surface area contributed by atoms with Crippen LogP contribution in [-0.4, -0.2) is 52.6 Å². The largest absolute Gasteiger partial charge is 0.352 e. The number of guanidine groups is 1. The lowest BCUT2D eigenvalue weighted by molar-refractivity contribution is 0.242. The summed E-state index contributed by atoms with van der Waals surface area (Å²) < 4.78 is 16.1. The summed E-state index contributed by atoms with van der Waals surface area (Å²) in [6.07, 6.45) is 11.6. The number of imidazole rings is 1. The molecular weight excluding hydrogens is 355 g/mol. The van der Waals surface area contributed by atoms with Gasteiger partial charge < -0.3 is 15.2 Å². The second-order valence-corrected chi connectivity index (χ2v) is 7.74. The lowest BCUT2D eigenvalue weighted by Crippen LogP contribution is -2.45. The Hall–Kier alpha value is -2.41. The molecule has 0 amide bonds. The van der Waals surface area contributed by atoms with Crippen LogP contribution in [0.3, 0.4) is 0 Å². The number of nitrogens with zero attached hydrogens (tertiary/aromatic N) is 4. The standard InChI is InChI=1S/C21H29FN6/c1-23-21(26-17-8-10-27(14-17)18-4-2-3-5-18)25-13-16-6-7-20(19(22)12-16)28-11-9-24-15-28/h6-7,9,11-12,15,17-18H,2-5,8,10,13-14H2,1H3,(H2,23,25,26). The molecule has 1 saturated carbocycles. The van der Waals surface area contributed by atoms with Gasteiger partial charge >= 0.3 is 0 Å². The Labute approximate surface area is 165 Å². The smallest absolute Gasteiger partial charge is 0.191 e. The lowest BCUT2D eigenvalue weighted by atomic mass is 10.2. The zero-order chi connectivity index (χ0) is 19.3. The van der Waals surface area contributed by atoms with Crippen molar-refractivity contribution in [2.24, 2.45) is 4.99 Å². The van der Waals surface area contributed by atoms with Crippen LogP contribution in [0.2, 0.25) is 0 Å². The third kappa shape index (κ3) is 4.35. The predicted molar refractivity (Wildman–Crippen MR) is 109 cm³/mol. The van der Waals surface area contributed by atoms with E-state index < -0.39 is 0 Å². The van der Waals surface area contributed by atoms with Gasteiger partial charge in [0.05, 0.1) is 12.0 Å². The molecule has 1 saturated heterocycles. The van der Waals surface area contributed by atoms with Gasteiger partial charge in [-0.05, 0) is 37.0 Å². The summed E-state index contributed by atoms with van der Waals surface area (Å²) in [6, 6.07) is 6.47. The number of rotatable bonds is 5. The molecule has 1 aromatic heterocycles. The summed E-state index contributed by atoms with van der Waals surface area (Å²) in [5.41, 5.74) is 1.38. The van der Waals surface area contributed by atoms with Crippen LogP contribution in [0.25, 0.3) is 5.69 Å². The Morgan fingerprint density at radius 1 is 1.29 bits per heavy atom. The normalized spacial score (nSPS) is 21.4. The minimum absolute atomic E-state index is 0.261. The fourth-order valence-electron chi connectivity index (χ4n) is 4.35. The second-order valence-electron chi connectivity index (χ2n) is 7.74. The molecule has 4 rings (SSSR count). The second kappa shape index (κ2) is 8.73. The molecule has 2 N–H and O–H groups in total. The highest BCUT2D eigenvalue weighted by Gasteiger charge is 2.30. The molecule has 1 unspecified atom stereocenters. The fraction of sp³-hybridized carbons (Fsp3) is 0.524. The molecule has 0 bridgehead atoms. The molecule has 1 atom stereocenters. The molecular formula is C21H29FN6. The molecule has 1 aliphatic heterocycles.